The number of ether oxygens (including phenoxy) is 1. The minimum Gasteiger partial charge on any atom is -0.491 e. The standard InChI is InChI=1S/C17H13F5N2O2/c18-10-6-13(19)12-8-24(3-4-26-15(12)7-10)16(25)11-2-1-9(5-14(11)23)17(20,21)22/h1-2,5-7H,3-4,8,23H2. The van der Waals surface area contributed by atoms with E-state index in [1.807, 2.05) is 0 Å². The van der Waals surface area contributed by atoms with E-state index in [0.717, 1.165) is 18.2 Å². The van der Waals surface area contributed by atoms with Crippen molar-refractivity contribution in [1.82, 2.24) is 4.90 Å². The van der Waals surface area contributed by atoms with Crippen LogP contribution in [0.25, 0.3) is 0 Å². The fraction of sp³-hybridized carbons (Fsp3) is 0.235. The molecule has 1 aliphatic heterocycles. The first kappa shape index (κ1) is 18.0. The van der Waals surface area contributed by atoms with Gasteiger partial charge in [0.05, 0.1) is 24.2 Å². The Labute approximate surface area is 145 Å². The predicted octanol–water partition coefficient (Wildman–Crippen LogP) is 3.60. The average Bonchev–Trinajstić information content (AvgIpc) is 2.76. The largest absolute Gasteiger partial charge is 0.491 e. The summed E-state index contributed by atoms with van der Waals surface area (Å²) < 4.78 is 70.7. The Bertz CT molecular complexity index is 867. The van der Waals surface area contributed by atoms with Crippen molar-refractivity contribution in [2.24, 2.45) is 0 Å². The zero-order valence-electron chi connectivity index (χ0n) is 13.2. The monoisotopic (exact) mass is 372 g/mol. The first-order chi connectivity index (χ1) is 12.2. The van der Waals surface area contributed by atoms with Crippen LogP contribution in [0.5, 0.6) is 5.75 Å². The molecule has 4 nitrogen and oxygen atoms in total. The molecular formula is C17H13F5N2O2. The second-order valence-corrected chi connectivity index (χ2v) is 5.74. The van der Waals surface area contributed by atoms with Crippen LogP contribution >= 0.6 is 0 Å². The third-order valence-electron chi connectivity index (χ3n) is 3.98. The number of hydrogen-bond donors (Lipinski definition) is 1. The summed E-state index contributed by atoms with van der Waals surface area (Å²) in [6.07, 6.45) is -4.59. The highest BCUT2D eigenvalue weighted by Crippen LogP contribution is 2.32. The molecule has 0 unspecified atom stereocenters. The van der Waals surface area contributed by atoms with Gasteiger partial charge in [-0.2, -0.15) is 13.2 Å². The summed E-state index contributed by atoms with van der Waals surface area (Å²) in [6.45, 7) is -0.210. The fourth-order valence-corrected chi connectivity index (χ4v) is 2.68. The molecule has 0 saturated carbocycles. The molecule has 138 valence electrons. The SMILES string of the molecule is Nc1cc(C(F)(F)F)ccc1C(=O)N1CCOc2cc(F)cc(F)c2C1. The van der Waals surface area contributed by atoms with Crippen molar-refractivity contribution < 1.29 is 31.5 Å². The van der Waals surface area contributed by atoms with Crippen LogP contribution < -0.4 is 10.5 Å². The van der Waals surface area contributed by atoms with Gasteiger partial charge in [0.1, 0.15) is 24.0 Å². The van der Waals surface area contributed by atoms with E-state index in [9.17, 15) is 26.7 Å². The molecule has 1 aliphatic rings. The molecule has 0 aromatic heterocycles. The van der Waals surface area contributed by atoms with Crippen LogP contribution in [-0.2, 0) is 12.7 Å². The molecule has 1 heterocycles. The van der Waals surface area contributed by atoms with Crippen molar-refractivity contribution in [2.75, 3.05) is 18.9 Å². The number of nitrogens with zero attached hydrogens (tertiary/aromatic N) is 1. The molecule has 0 bridgehead atoms. The van der Waals surface area contributed by atoms with Gasteiger partial charge in [-0.25, -0.2) is 8.78 Å². The summed E-state index contributed by atoms with van der Waals surface area (Å²) in [5, 5.41) is 0. The van der Waals surface area contributed by atoms with Crippen molar-refractivity contribution in [3.63, 3.8) is 0 Å². The van der Waals surface area contributed by atoms with E-state index in [4.69, 9.17) is 10.5 Å². The van der Waals surface area contributed by atoms with Gasteiger partial charge in [-0.05, 0) is 18.2 Å². The first-order valence-electron chi connectivity index (χ1n) is 7.53. The van der Waals surface area contributed by atoms with E-state index in [2.05, 4.69) is 0 Å². The van der Waals surface area contributed by atoms with Crippen LogP contribution in [0, 0.1) is 11.6 Å². The quantitative estimate of drug-likeness (QED) is 0.615. The van der Waals surface area contributed by atoms with E-state index in [0.29, 0.717) is 12.1 Å². The number of benzene rings is 2. The number of amides is 1. The van der Waals surface area contributed by atoms with Gasteiger partial charge in [-0.1, -0.05) is 0 Å². The lowest BCUT2D eigenvalue weighted by Gasteiger charge is -2.21. The van der Waals surface area contributed by atoms with E-state index in [1.54, 1.807) is 0 Å². The summed E-state index contributed by atoms with van der Waals surface area (Å²) >= 11 is 0. The van der Waals surface area contributed by atoms with Crippen LogP contribution in [0.4, 0.5) is 27.6 Å². The summed E-state index contributed by atoms with van der Waals surface area (Å²) in [4.78, 5) is 13.8. The van der Waals surface area contributed by atoms with E-state index in [-0.39, 0.29) is 42.3 Å². The molecule has 0 aliphatic carbocycles. The average molecular weight is 372 g/mol. The summed E-state index contributed by atoms with van der Waals surface area (Å²) in [6, 6.07) is 4.09. The Morgan fingerprint density at radius 2 is 1.88 bits per heavy atom. The number of halogens is 5. The zero-order chi connectivity index (χ0) is 19.1. The number of nitrogens with two attached hydrogens (primary N) is 1. The van der Waals surface area contributed by atoms with Gasteiger partial charge in [0.25, 0.3) is 5.91 Å². The normalized spacial score (nSPS) is 14.4. The number of fused-ring (bicyclic) bond motifs is 1. The molecule has 0 radical (unpaired) electrons. The first-order valence-corrected chi connectivity index (χ1v) is 7.53. The number of carbonyl (C=O) groups is 1. The van der Waals surface area contributed by atoms with Gasteiger partial charge >= 0.3 is 6.18 Å². The second kappa shape index (κ2) is 6.47. The fourth-order valence-electron chi connectivity index (χ4n) is 2.68. The van der Waals surface area contributed by atoms with E-state index < -0.39 is 29.3 Å². The van der Waals surface area contributed by atoms with Gasteiger partial charge in [0.15, 0.2) is 0 Å². The lowest BCUT2D eigenvalue weighted by Crippen LogP contribution is -2.33. The number of nitrogen functional groups attached to an aromatic ring is 1. The molecule has 26 heavy (non-hydrogen) atoms. The molecule has 2 aromatic carbocycles. The maximum Gasteiger partial charge on any atom is 0.416 e. The molecule has 0 spiro atoms. The number of carbonyl (C=O) groups excluding carboxylic acids is 1. The molecule has 0 atom stereocenters. The highest BCUT2D eigenvalue weighted by atomic mass is 19.4. The van der Waals surface area contributed by atoms with Crippen molar-refractivity contribution in [2.45, 2.75) is 12.7 Å². The van der Waals surface area contributed by atoms with Gasteiger partial charge in [-0.3, -0.25) is 4.79 Å². The predicted molar refractivity (Wildman–Crippen MR) is 82.4 cm³/mol. The Kier molecular flexibility index (Phi) is 4.47. The number of alkyl halides is 3. The second-order valence-electron chi connectivity index (χ2n) is 5.74. The smallest absolute Gasteiger partial charge is 0.416 e. The van der Waals surface area contributed by atoms with Crippen LogP contribution in [-0.4, -0.2) is 24.0 Å². The number of anilines is 1. The van der Waals surface area contributed by atoms with Crippen LogP contribution in [0.2, 0.25) is 0 Å². The van der Waals surface area contributed by atoms with Crippen molar-refractivity contribution >= 4 is 11.6 Å². The van der Waals surface area contributed by atoms with E-state index >= 15 is 0 Å². The number of hydrogen-bond acceptors (Lipinski definition) is 3. The van der Waals surface area contributed by atoms with E-state index in [1.165, 1.54) is 4.90 Å². The molecule has 3 rings (SSSR count). The molecule has 2 aromatic rings. The lowest BCUT2D eigenvalue weighted by atomic mass is 10.1. The molecule has 1 amide bonds. The highest BCUT2D eigenvalue weighted by molar-refractivity contribution is 5.99. The summed E-state index contributed by atoms with van der Waals surface area (Å²) in [7, 11) is 0. The van der Waals surface area contributed by atoms with Crippen LogP contribution in [0.1, 0.15) is 21.5 Å². The van der Waals surface area contributed by atoms with Gasteiger partial charge in [-0.15, -0.1) is 0 Å². The molecule has 0 saturated heterocycles. The molecular weight excluding hydrogens is 359 g/mol. The minimum atomic E-state index is -4.59. The Morgan fingerprint density at radius 1 is 1.15 bits per heavy atom. The zero-order valence-corrected chi connectivity index (χ0v) is 13.2. The van der Waals surface area contributed by atoms with Gasteiger partial charge < -0.3 is 15.4 Å². The Balaban J connectivity index is 1.90. The highest BCUT2D eigenvalue weighted by Gasteiger charge is 2.32. The topological polar surface area (TPSA) is 55.6 Å². The summed E-state index contributed by atoms with van der Waals surface area (Å²) in [5.41, 5.74) is 4.15. The van der Waals surface area contributed by atoms with Crippen molar-refractivity contribution in [1.29, 1.82) is 0 Å². The lowest BCUT2D eigenvalue weighted by molar-refractivity contribution is -0.137. The van der Waals surface area contributed by atoms with Crippen LogP contribution in [0.15, 0.2) is 30.3 Å². The Hall–Kier alpha value is -2.84. The third-order valence-corrected chi connectivity index (χ3v) is 3.98. The Morgan fingerprint density at radius 3 is 2.54 bits per heavy atom. The van der Waals surface area contributed by atoms with Crippen LogP contribution in [0.3, 0.4) is 0 Å². The molecule has 0 fully saturated rings. The summed E-state index contributed by atoms with van der Waals surface area (Å²) in [5.74, 6) is -2.37. The van der Waals surface area contributed by atoms with Crippen molar-refractivity contribution in [3.8, 4) is 5.75 Å². The maximum atomic E-state index is 14.0. The molecule has 9 heteroatoms. The molecule has 2 N–H and O–H groups in total. The maximum absolute atomic E-state index is 14.0. The third kappa shape index (κ3) is 3.42. The minimum absolute atomic E-state index is 0.0114. The van der Waals surface area contributed by atoms with Gasteiger partial charge in [0, 0.05) is 23.4 Å². The van der Waals surface area contributed by atoms with Crippen molar-refractivity contribution in [3.05, 3.63) is 58.7 Å². The number of rotatable bonds is 1. The van der Waals surface area contributed by atoms with Gasteiger partial charge in [0.2, 0.25) is 0 Å².